The second kappa shape index (κ2) is 8.22. The van der Waals surface area contributed by atoms with E-state index in [-0.39, 0.29) is 28.6 Å². The summed E-state index contributed by atoms with van der Waals surface area (Å²) in [6.07, 6.45) is 0. The Balaban J connectivity index is 1.45. The van der Waals surface area contributed by atoms with Crippen molar-refractivity contribution in [1.29, 1.82) is 0 Å². The number of hydrogen-bond acceptors (Lipinski definition) is 5. The summed E-state index contributed by atoms with van der Waals surface area (Å²) in [4.78, 5) is 12.8. The zero-order valence-electron chi connectivity index (χ0n) is 16.9. The number of furan rings is 1. The van der Waals surface area contributed by atoms with Crippen LogP contribution in [0.2, 0.25) is 5.02 Å². The lowest BCUT2D eigenvalue weighted by Crippen LogP contribution is -2.40. The number of sulfonamides is 1. The first kappa shape index (κ1) is 21.0. The van der Waals surface area contributed by atoms with Gasteiger partial charge in [-0.25, -0.2) is 8.42 Å². The van der Waals surface area contributed by atoms with Crippen LogP contribution in [0.3, 0.4) is 0 Å². The zero-order chi connectivity index (χ0) is 22.3. The predicted octanol–water partition coefficient (Wildman–Crippen LogP) is 4.51. The average Bonchev–Trinajstić information content (AvgIpc) is 3.18. The van der Waals surface area contributed by atoms with Crippen molar-refractivity contribution in [2.24, 2.45) is 0 Å². The van der Waals surface area contributed by atoms with Gasteiger partial charge in [0.1, 0.15) is 16.1 Å². The first-order chi connectivity index (χ1) is 15.4. The summed E-state index contributed by atoms with van der Waals surface area (Å²) >= 11 is 6.19. The molecule has 4 aromatic rings. The highest BCUT2D eigenvalue weighted by atomic mass is 35.5. The Bertz CT molecular complexity index is 1440. The second-order valence-corrected chi connectivity index (χ2v) is 9.74. The number of morpholine rings is 1. The van der Waals surface area contributed by atoms with Crippen LogP contribution in [0.5, 0.6) is 0 Å². The molecular weight excluding hydrogens is 452 g/mol. The van der Waals surface area contributed by atoms with E-state index in [0.29, 0.717) is 18.9 Å². The molecule has 9 heteroatoms. The highest BCUT2D eigenvalue weighted by Gasteiger charge is 2.29. The highest BCUT2D eigenvalue weighted by Crippen LogP contribution is 2.31. The number of carbonyl (C=O) groups is 1. The van der Waals surface area contributed by atoms with E-state index in [2.05, 4.69) is 5.32 Å². The van der Waals surface area contributed by atoms with Crippen LogP contribution in [0.4, 0.5) is 5.69 Å². The SMILES string of the molecule is O=C(Nc1ccc2oc3ccccc3c2c1)c1ccc(Cl)c(S(=O)(=O)N2CCOCC2)c1. The lowest BCUT2D eigenvalue weighted by Gasteiger charge is -2.26. The number of rotatable bonds is 4. The van der Waals surface area contributed by atoms with E-state index in [1.54, 1.807) is 12.1 Å². The van der Waals surface area contributed by atoms with Crippen molar-refractivity contribution >= 4 is 55.2 Å². The molecule has 1 amide bonds. The molecule has 3 aromatic carbocycles. The van der Waals surface area contributed by atoms with Crippen LogP contribution in [-0.2, 0) is 14.8 Å². The molecule has 0 unspecified atom stereocenters. The minimum Gasteiger partial charge on any atom is -0.456 e. The molecule has 1 aliphatic heterocycles. The van der Waals surface area contributed by atoms with Gasteiger partial charge in [-0.15, -0.1) is 0 Å². The fraction of sp³-hybridized carbons (Fsp3) is 0.174. The molecule has 0 spiro atoms. The first-order valence-corrected chi connectivity index (χ1v) is 11.9. The quantitative estimate of drug-likeness (QED) is 0.474. The number of para-hydroxylation sites is 1. The van der Waals surface area contributed by atoms with Crippen molar-refractivity contribution in [3.8, 4) is 0 Å². The zero-order valence-corrected chi connectivity index (χ0v) is 18.4. The molecule has 2 heterocycles. The summed E-state index contributed by atoms with van der Waals surface area (Å²) < 4.78 is 38.4. The minimum absolute atomic E-state index is 0.0688. The highest BCUT2D eigenvalue weighted by molar-refractivity contribution is 7.89. The standard InChI is InChI=1S/C23H19ClN2O5S/c24-19-7-5-15(13-22(19)32(28,29)26-9-11-30-12-10-26)23(27)25-16-6-8-21-18(14-16)17-3-1-2-4-20(17)31-21/h1-8,13-14H,9-12H2,(H,25,27). The van der Waals surface area contributed by atoms with Crippen molar-refractivity contribution in [3.05, 3.63) is 71.2 Å². The molecular formula is C23H19ClN2O5S. The molecule has 32 heavy (non-hydrogen) atoms. The molecule has 1 aliphatic rings. The van der Waals surface area contributed by atoms with E-state index < -0.39 is 15.9 Å². The van der Waals surface area contributed by atoms with Gasteiger partial charge in [0.05, 0.1) is 18.2 Å². The first-order valence-electron chi connectivity index (χ1n) is 10.0. The van der Waals surface area contributed by atoms with Crippen LogP contribution in [-0.4, -0.2) is 44.9 Å². The molecule has 1 aromatic heterocycles. The number of amides is 1. The van der Waals surface area contributed by atoms with Gasteiger partial charge in [0.15, 0.2) is 0 Å². The topological polar surface area (TPSA) is 88.8 Å². The van der Waals surface area contributed by atoms with Gasteiger partial charge < -0.3 is 14.5 Å². The average molecular weight is 471 g/mol. The van der Waals surface area contributed by atoms with E-state index in [9.17, 15) is 13.2 Å². The summed E-state index contributed by atoms with van der Waals surface area (Å²) in [5, 5.41) is 4.73. The Kier molecular flexibility index (Phi) is 5.38. The number of ether oxygens (including phenoxy) is 1. The van der Waals surface area contributed by atoms with Crippen LogP contribution in [0.25, 0.3) is 21.9 Å². The molecule has 0 saturated carbocycles. The van der Waals surface area contributed by atoms with Gasteiger partial charge in [0, 0.05) is 35.1 Å². The molecule has 5 rings (SSSR count). The second-order valence-electron chi connectivity index (χ2n) is 7.42. The fourth-order valence-electron chi connectivity index (χ4n) is 3.78. The number of anilines is 1. The molecule has 1 N–H and O–H groups in total. The third-order valence-electron chi connectivity index (χ3n) is 5.42. The summed E-state index contributed by atoms with van der Waals surface area (Å²) in [7, 11) is -3.84. The fourth-order valence-corrected chi connectivity index (χ4v) is 5.68. The van der Waals surface area contributed by atoms with Crippen molar-refractivity contribution in [1.82, 2.24) is 4.31 Å². The summed E-state index contributed by atoms with van der Waals surface area (Å²) in [5.41, 5.74) is 2.25. The van der Waals surface area contributed by atoms with E-state index in [4.69, 9.17) is 20.8 Å². The van der Waals surface area contributed by atoms with E-state index in [1.807, 2.05) is 30.3 Å². The van der Waals surface area contributed by atoms with E-state index >= 15 is 0 Å². The smallest absolute Gasteiger partial charge is 0.255 e. The largest absolute Gasteiger partial charge is 0.456 e. The Morgan fingerprint density at radius 1 is 0.938 bits per heavy atom. The maximum absolute atomic E-state index is 13.0. The Morgan fingerprint density at radius 3 is 2.50 bits per heavy atom. The number of carbonyl (C=O) groups excluding carboxylic acids is 1. The number of hydrogen-bond donors (Lipinski definition) is 1. The monoisotopic (exact) mass is 470 g/mol. The van der Waals surface area contributed by atoms with Gasteiger partial charge in [0.2, 0.25) is 10.0 Å². The molecule has 1 saturated heterocycles. The normalized spacial score (nSPS) is 15.3. The molecule has 0 atom stereocenters. The number of halogens is 1. The van der Waals surface area contributed by atoms with Crippen LogP contribution < -0.4 is 5.32 Å². The third kappa shape index (κ3) is 3.75. The molecule has 7 nitrogen and oxygen atoms in total. The Morgan fingerprint density at radius 2 is 1.69 bits per heavy atom. The number of nitrogens with zero attached hydrogens (tertiary/aromatic N) is 1. The van der Waals surface area contributed by atoms with Gasteiger partial charge in [-0.1, -0.05) is 29.8 Å². The van der Waals surface area contributed by atoms with E-state index in [0.717, 1.165) is 21.9 Å². The van der Waals surface area contributed by atoms with Crippen LogP contribution in [0.15, 0.2) is 70.0 Å². The van der Waals surface area contributed by atoms with Gasteiger partial charge in [-0.2, -0.15) is 4.31 Å². The number of fused-ring (bicyclic) bond motifs is 3. The summed E-state index contributed by atoms with van der Waals surface area (Å²) in [6, 6.07) is 17.3. The van der Waals surface area contributed by atoms with Crippen LogP contribution >= 0.6 is 11.6 Å². The molecule has 0 aliphatic carbocycles. The third-order valence-corrected chi connectivity index (χ3v) is 7.80. The van der Waals surface area contributed by atoms with Gasteiger partial charge in [0.25, 0.3) is 5.91 Å². The van der Waals surface area contributed by atoms with Crippen molar-refractivity contribution in [2.75, 3.05) is 31.6 Å². The van der Waals surface area contributed by atoms with Crippen LogP contribution in [0, 0.1) is 0 Å². The van der Waals surface area contributed by atoms with Crippen molar-refractivity contribution in [2.45, 2.75) is 4.90 Å². The lowest BCUT2D eigenvalue weighted by atomic mass is 10.1. The Labute approximate surface area is 189 Å². The van der Waals surface area contributed by atoms with Gasteiger partial charge >= 0.3 is 0 Å². The van der Waals surface area contributed by atoms with Crippen molar-refractivity contribution in [3.63, 3.8) is 0 Å². The summed E-state index contributed by atoms with van der Waals surface area (Å²) in [5.74, 6) is -0.438. The molecule has 164 valence electrons. The Hall–Kier alpha value is -2.91. The number of nitrogens with one attached hydrogen (secondary N) is 1. The molecule has 0 radical (unpaired) electrons. The van der Waals surface area contributed by atoms with E-state index in [1.165, 1.54) is 22.5 Å². The lowest BCUT2D eigenvalue weighted by molar-refractivity contribution is 0.0730. The van der Waals surface area contributed by atoms with Crippen LogP contribution in [0.1, 0.15) is 10.4 Å². The minimum atomic E-state index is -3.84. The maximum atomic E-state index is 13.0. The summed E-state index contributed by atoms with van der Waals surface area (Å²) in [6.45, 7) is 1.13. The predicted molar refractivity (Wildman–Crippen MR) is 123 cm³/mol. The van der Waals surface area contributed by atoms with Gasteiger partial charge in [-0.3, -0.25) is 4.79 Å². The van der Waals surface area contributed by atoms with Crippen molar-refractivity contribution < 1.29 is 22.4 Å². The maximum Gasteiger partial charge on any atom is 0.255 e. The molecule has 1 fully saturated rings. The number of benzene rings is 3. The van der Waals surface area contributed by atoms with Gasteiger partial charge in [-0.05, 0) is 42.5 Å². The molecule has 0 bridgehead atoms.